The monoisotopic (exact) mass is 234 g/mol. The topological polar surface area (TPSA) is 41.1 Å². The van der Waals surface area contributed by atoms with E-state index in [2.05, 4.69) is 34.0 Å². The third-order valence-electron chi connectivity index (χ3n) is 3.14. The number of hydrogen-bond donors (Lipinski definition) is 1. The second-order valence-corrected chi connectivity index (χ2v) is 4.74. The number of anilines is 1. The fraction of sp³-hybridized carbons (Fsp3) is 0.692. The zero-order valence-electron chi connectivity index (χ0n) is 11.0. The van der Waals surface area contributed by atoms with Crippen molar-refractivity contribution in [2.75, 3.05) is 18.5 Å². The van der Waals surface area contributed by atoms with E-state index in [-0.39, 0.29) is 0 Å². The molecule has 4 heteroatoms. The van der Waals surface area contributed by atoms with Crippen LogP contribution in [0.15, 0.2) is 6.20 Å². The summed E-state index contributed by atoms with van der Waals surface area (Å²) in [6.45, 7) is 6.17. The number of aryl methyl sites for hydroxylation is 1. The predicted molar refractivity (Wildman–Crippen MR) is 70.2 cm³/mol. The first-order valence-electron chi connectivity index (χ1n) is 6.50. The molecule has 0 saturated heterocycles. The van der Waals surface area contributed by atoms with Crippen molar-refractivity contribution in [3.05, 3.63) is 17.5 Å². The van der Waals surface area contributed by atoms with Gasteiger partial charge in [-0.05, 0) is 33.2 Å². The first-order chi connectivity index (χ1) is 8.26. The Bertz CT molecular complexity index is 374. The molecular weight excluding hydrogens is 212 g/mol. The van der Waals surface area contributed by atoms with Crippen LogP contribution in [0.5, 0.6) is 0 Å². The van der Waals surface area contributed by atoms with Crippen molar-refractivity contribution in [2.45, 2.75) is 45.7 Å². The first-order valence-corrected chi connectivity index (χ1v) is 6.50. The number of nitrogens with one attached hydrogen (secondary N) is 1. The maximum absolute atomic E-state index is 4.65. The van der Waals surface area contributed by atoms with E-state index in [0.29, 0.717) is 6.04 Å². The molecule has 0 amide bonds. The summed E-state index contributed by atoms with van der Waals surface area (Å²) < 4.78 is 0. The fourth-order valence-electron chi connectivity index (χ4n) is 2.06. The molecule has 17 heavy (non-hydrogen) atoms. The number of rotatable bonds is 6. The molecule has 0 atom stereocenters. The van der Waals surface area contributed by atoms with Crippen LogP contribution in [0.25, 0.3) is 0 Å². The van der Waals surface area contributed by atoms with Gasteiger partial charge in [0, 0.05) is 36.6 Å². The molecule has 1 heterocycles. The molecule has 1 fully saturated rings. The van der Waals surface area contributed by atoms with Crippen LogP contribution >= 0.6 is 0 Å². The third-order valence-corrected chi connectivity index (χ3v) is 3.14. The van der Waals surface area contributed by atoms with Gasteiger partial charge in [0.1, 0.15) is 0 Å². The van der Waals surface area contributed by atoms with Crippen molar-refractivity contribution >= 4 is 5.95 Å². The molecule has 1 aromatic rings. The van der Waals surface area contributed by atoms with Crippen molar-refractivity contribution in [2.24, 2.45) is 0 Å². The van der Waals surface area contributed by atoms with Crippen LogP contribution in [0.4, 0.5) is 5.95 Å². The number of hydrogen-bond acceptors (Lipinski definition) is 4. The molecule has 0 bridgehead atoms. The van der Waals surface area contributed by atoms with Gasteiger partial charge in [-0.2, -0.15) is 0 Å². The minimum Gasteiger partial charge on any atom is -0.338 e. The summed E-state index contributed by atoms with van der Waals surface area (Å²) in [5.41, 5.74) is 2.27. The molecule has 0 unspecified atom stereocenters. The molecule has 0 spiro atoms. The van der Waals surface area contributed by atoms with Crippen LogP contribution in [0.3, 0.4) is 0 Å². The molecule has 1 aliphatic rings. The zero-order chi connectivity index (χ0) is 12.3. The van der Waals surface area contributed by atoms with Gasteiger partial charge in [0.25, 0.3) is 0 Å². The lowest BCUT2D eigenvalue weighted by Crippen LogP contribution is -2.28. The maximum atomic E-state index is 4.65. The third kappa shape index (κ3) is 2.94. The molecule has 0 aliphatic heterocycles. The van der Waals surface area contributed by atoms with Gasteiger partial charge in [-0.1, -0.05) is 6.92 Å². The van der Waals surface area contributed by atoms with Gasteiger partial charge in [0.15, 0.2) is 0 Å². The van der Waals surface area contributed by atoms with Crippen molar-refractivity contribution in [3.63, 3.8) is 0 Å². The van der Waals surface area contributed by atoms with E-state index in [1.165, 1.54) is 18.4 Å². The fourth-order valence-corrected chi connectivity index (χ4v) is 2.06. The van der Waals surface area contributed by atoms with Crippen LogP contribution in [-0.2, 0) is 6.54 Å². The summed E-state index contributed by atoms with van der Waals surface area (Å²) in [6.07, 6.45) is 5.69. The Morgan fingerprint density at radius 1 is 1.47 bits per heavy atom. The summed E-state index contributed by atoms with van der Waals surface area (Å²) in [6, 6.07) is 0.685. The smallest absolute Gasteiger partial charge is 0.225 e. The average Bonchev–Trinajstić information content (AvgIpc) is 3.13. The van der Waals surface area contributed by atoms with Crippen molar-refractivity contribution in [3.8, 4) is 0 Å². The van der Waals surface area contributed by atoms with E-state index in [1.807, 2.05) is 13.2 Å². The van der Waals surface area contributed by atoms with Gasteiger partial charge in [-0.25, -0.2) is 9.97 Å². The van der Waals surface area contributed by atoms with Crippen LogP contribution < -0.4 is 10.2 Å². The zero-order valence-corrected chi connectivity index (χ0v) is 11.0. The van der Waals surface area contributed by atoms with Crippen molar-refractivity contribution in [1.29, 1.82) is 0 Å². The first kappa shape index (κ1) is 12.3. The van der Waals surface area contributed by atoms with Crippen LogP contribution in [0.1, 0.15) is 37.4 Å². The molecule has 4 nitrogen and oxygen atoms in total. The van der Waals surface area contributed by atoms with E-state index in [1.54, 1.807) is 0 Å². The Balaban J connectivity index is 2.16. The van der Waals surface area contributed by atoms with Crippen LogP contribution in [0.2, 0.25) is 0 Å². The van der Waals surface area contributed by atoms with Crippen molar-refractivity contribution < 1.29 is 0 Å². The van der Waals surface area contributed by atoms with Gasteiger partial charge < -0.3 is 10.2 Å². The molecule has 94 valence electrons. The normalized spacial score (nSPS) is 15.0. The molecule has 1 aliphatic carbocycles. The minimum atomic E-state index is 0.685. The van der Waals surface area contributed by atoms with Gasteiger partial charge >= 0.3 is 0 Å². The molecule has 2 rings (SSSR count). The van der Waals surface area contributed by atoms with Gasteiger partial charge in [-0.3, -0.25) is 0 Å². The highest BCUT2D eigenvalue weighted by atomic mass is 15.3. The molecule has 1 aromatic heterocycles. The quantitative estimate of drug-likeness (QED) is 0.816. The van der Waals surface area contributed by atoms with E-state index < -0.39 is 0 Å². The van der Waals surface area contributed by atoms with Crippen LogP contribution in [0, 0.1) is 6.92 Å². The van der Waals surface area contributed by atoms with Gasteiger partial charge in [-0.15, -0.1) is 0 Å². The maximum Gasteiger partial charge on any atom is 0.225 e. The molecule has 1 N–H and O–H groups in total. The summed E-state index contributed by atoms with van der Waals surface area (Å²) in [5, 5.41) is 3.14. The highest BCUT2D eigenvalue weighted by molar-refractivity contribution is 5.36. The lowest BCUT2D eigenvalue weighted by molar-refractivity contribution is 0.724. The van der Waals surface area contributed by atoms with E-state index in [0.717, 1.165) is 31.2 Å². The van der Waals surface area contributed by atoms with E-state index in [4.69, 9.17) is 0 Å². The molecule has 0 radical (unpaired) electrons. The highest BCUT2D eigenvalue weighted by Gasteiger charge is 2.30. The van der Waals surface area contributed by atoms with Gasteiger partial charge in [0.05, 0.1) is 0 Å². The Hall–Kier alpha value is -1.16. The predicted octanol–water partition coefficient (Wildman–Crippen LogP) is 1.88. The molecular formula is C13H22N4. The minimum absolute atomic E-state index is 0.685. The SMILES string of the molecule is CCCN(c1ncc(CNC)c(C)n1)C1CC1. The van der Waals surface area contributed by atoms with Gasteiger partial charge in [0.2, 0.25) is 5.95 Å². The highest BCUT2D eigenvalue weighted by Crippen LogP contribution is 2.29. The standard InChI is InChI=1S/C13H22N4/c1-4-7-17(12-5-6-12)13-15-9-11(8-14-3)10(2)16-13/h9,12,14H,4-8H2,1-3H3. The lowest BCUT2D eigenvalue weighted by Gasteiger charge is -2.22. The second kappa shape index (κ2) is 5.45. The summed E-state index contributed by atoms with van der Waals surface area (Å²) in [4.78, 5) is 11.5. The summed E-state index contributed by atoms with van der Waals surface area (Å²) >= 11 is 0. The second-order valence-electron chi connectivity index (χ2n) is 4.74. The Morgan fingerprint density at radius 3 is 2.76 bits per heavy atom. The Labute approximate surface area is 103 Å². The average molecular weight is 234 g/mol. The van der Waals surface area contributed by atoms with E-state index >= 15 is 0 Å². The summed E-state index contributed by atoms with van der Waals surface area (Å²) in [7, 11) is 1.95. The number of nitrogens with zero attached hydrogens (tertiary/aromatic N) is 3. The Morgan fingerprint density at radius 2 is 2.24 bits per heavy atom. The Kier molecular flexibility index (Phi) is 3.94. The number of aromatic nitrogens is 2. The summed E-state index contributed by atoms with van der Waals surface area (Å²) in [5.74, 6) is 0.909. The van der Waals surface area contributed by atoms with Crippen molar-refractivity contribution in [1.82, 2.24) is 15.3 Å². The molecule has 0 aromatic carbocycles. The lowest BCUT2D eigenvalue weighted by atomic mass is 10.2. The molecule has 1 saturated carbocycles. The van der Waals surface area contributed by atoms with E-state index in [9.17, 15) is 0 Å². The van der Waals surface area contributed by atoms with Crippen LogP contribution in [-0.4, -0.2) is 29.6 Å². The largest absolute Gasteiger partial charge is 0.338 e.